The quantitative estimate of drug-likeness (QED) is 0.836. The molecule has 0 amide bonds. The van der Waals surface area contributed by atoms with E-state index in [4.69, 9.17) is 9.47 Å². The summed E-state index contributed by atoms with van der Waals surface area (Å²) in [5, 5.41) is 3.11. The van der Waals surface area contributed by atoms with Crippen LogP contribution in [0.3, 0.4) is 0 Å². The van der Waals surface area contributed by atoms with Crippen molar-refractivity contribution in [1.29, 1.82) is 0 Å². The Morgan fingerprint density at radius 3 is 2.45 bits per heavy atom. The molecule has 6 heteroatoms. The lowest BCUT2D eigenvalue weighted by Gasteiger charge is -2.23. The smallest absolute Gasteiger partial charge is 0.414 e. The van der Waals surface area contributed by atoms with Crippen molar-refractivity contribution >= 4 is 0 Å². The number of likely N-dealkylation sites (N-methyl/N-ethyl adjacent to an activating group) is 1. The molecule has 2 unspecified atom stereocenters. The number of alkyl halides is 3. The third-order valence-electron chi connectivity index (χ3n) is 2.94. The number of nitrogens with one attached hydrogen (secondary N) is 1. The van der Waals surface area contributed by atoms with E-state index in [1.165, 1.54) is 7.11 Å². The Labute approximate surface area is 117 Å². The summed E-state index contributed by atoms with van der Waals surface area (Å²) in [6, 6.07) is 6.86. The minimum atomic E-state index is -4.35. The number of ether oxygens (including phenoxy) is 2. The van der Waals surface area contributed by atoms with Crippen molar-refractivity contribution in [3.63, 3.8) is 0 Å². The van der Waals surface area contributed by atoms with Gasteiger partial charge in [0.25, 0.3) is 0 Å². The molecule has 0 bridgehead atoms. The van der Waals surface area contributed by atoms with Crippen molar-refractivity contribution in [1.82, 2.24) is 5.32 Å². The monoisotopic (exact) mass is 291 g/mol. The highest BCUT2D eigenvalue weighted by molar-refractivity contribution is 5.35. The molecule has 0 aromatic heterocycles. The van der Waals surface area contributed by atoms with Crippen LogP contribution in [0.4, 0.5) is 13.2 Å². The largest absolute Gasteiger partial charge is 0.496 e. The van der Waals surface area contributed by atoms with Gasteiger partial charge in [0.15, 0.2) is 6.10 Å². The van der Waals surface area contributed by atoms with Crippen LogP contribution in [0, 0.1) is 0 Å². The minimum absolute atomic E-state index is 0.0745. The Bertz CT molecular complexity index is 410. The summed E-state index contributed by atoms with van der Waals surface area (Å²) in [4.78, 5) is 0. The molecule has 3 nitrogen and oxygen atoms in total. The van der Waals surface area contributed by atoms with Gasteiger partial charge in [-0.05, 0) is 19.5 Å². The molecule has 0 spiro atoms. The summed E-state index contributed by atoms with van der Waals surface area (Å²) in [7, 11) is 1.53. The van der Waals surface area contributed by atoms with Gasteiger partial charge in [-0.15, -0.1) is 0 Å². The predicted octanol–water partition coefficient (Wildman–Crippen LogP) is 3.31. The van der Waals surface area contributed by atoms with E-state index in [0.717, 1.165) is 12.5 Å². The van der Waals surface area contributed by atoms with E-state index < -0.39 is 12.3 Å². The second-order valence-electron chi connectivity index (χ2n) is 4.37. The van der Waals surface area contributed by atoms with Crippen LogP contribution in [-0.2, 0) is 4.74 Å². The summed E-state index contributed by atoms with van der Waals surface area (Å²) in [5.74, 6) is 0.627. The Morgan fingerprint density at radius 1 is 1.25 bits per heavy atom. The maximum absolute atomic E-state index is 12.5. The summed E-state index contributed by atoms with van der Waals surface area (Å²) < 4.78 is 47.6. The molecule has 0 saturated carbocycles. The van der Waals surface area contributed by atoms with E-state index >= 15 is 0 Å². The van der Waals surface area contributed by atoms with E-state index in [2.05, 4.69) is 5.32 Å². The maximum atomic E-state index is 12.5. The molecule has 0 aliphatic carbocycles. The molecule has 0 aliphatic heterocycles. The van der Waals surface area contributed by atoms with Crippen molar-refractivity contribution in [2.75, 3.05) is 20.3 Å². The van der Waals surface area contributed by atoms with E-state index in [1.54, 1.807) is 6.07 Å². The lowest BCUT2D eigenvalue weighted by atomic mass is 10.1. The Balaban J connectivity index is 2.79. The fourth-order valence-electron chi connectivity index (χ4n) is 1.79. The van der Waals surface area contributed by atoms with E-state index in [0.29, 0.717) is 12.3 Å². The standard InChI is InChI=1S/C14H20F3NO2/c1-4-18-12(9-20-10(2)14(15,16)17)11-7-5-6-8-13(11)19-3/h5-8,10,12,18H,4,9H2,1-3H3. The molecule has 1 aromatic carbocycles. The lowest BCUT2D eigenvalue weighted by molar-refractivity contribution is -0.215. The molecule has 1 aromatic rings. The van der Waals surface area contributed by atoms with Crippen molar-refractivity contribution in [2.45, 2.75) is 32.2 Å². The van der Waals surface area contributed by atoms with Crippen LogP contribution >= 0.6 is 0 Å². The number of halogens is 3. The van der Waals surface area contributed by atoms with Gasteiger partial charge in [0.2, 0.25) is 0 Å². The van der Waals surface area contributed by atoms with Crippen molar-refractivity contribution in [3.05, 3.63) is 29.8 Å². The zero-order valence-electron chi connectivity index (χ0n) is 11.8. The molecule has 0 radical (unpaired) electrons. The number of para-hydroxylation sites is 1. The van der Waals surface area contributed by atoms with E-state index in [-0.39, 0.29) is 12.6 Å². The number of benzene rings is 1. The van der Waals surface area contributed by atoms with Crippen LogP contribution < -0.4 is 10.1 Å². The highest BCUT2D eigenvalue weighted by atomic mass is 19.4. The number of methoxy groups -OCH3 is 1. The molecular formula is C14H20F3NO2. The molecule has 20 heavy (non-hydrogen) atoms. The second kappa shape index (κ2) is 7.50. The van der Waals surface area contributed by atoms with E-state index in [9.17, 15) is 13.2 Å². The van der Waals surface area contributed by atoms with Crippen LogP contribution in [0.1, 0.15) is 25.5 Å². The van der Waals surface area contributed by atoms with Crippen LogP contribution in [0.15, 0.2) is 24.3 Å². The Kier molecular flexibility index (Phi) is 6.29. The second-order valence-corrected chi connectivity index (χ2v) is 4.37. The maximum Gasteiger partial charge on any atom is 0.414 e. The Morgan fingerprint density at radius 2 is 1.90 bits per heavy atom. The first-order chi connectivity index (χ1) is 9.40. The normalized spacial score (nSPS) is 14.9. The fourth-order valence-corrected chi connectivity index (χ4v) is 1.79. The van der Waals surface area contributed by atoms with E-state index in [1.807, 2.05) is 25.1 Å². The van der Waals surface area contributed by atoms with Crippen LogP contribution in [-0.4, -0.2) is 32.5 Å². The summed E-state index contributed by atoms with van der Waals surface area (Å²) in [5.41, 5.74) is 0.784. The minimum Gasteiger partial charge on any atom is -0.496 e. The Hall–Kier alpha value is -1.27. The van der Waals surface area contributed by atoms with Gasteiger partial charge < -0.3 is 14.8 Å². The molecule has 1 N–H and O–H groups in total. The van der Waals surface area contributed by atoms with Gasteiger partial charge >= 0.3 is 6.18 Å². The van der Waals surface area contributed by atoms with Gasteiger partial charge in [0.05, 0.1) is 19.8 Å². The predicted molar refractivity (Wildman–Crippen MR) is 70.9 cm³/mol. The van der Waals surface area contributed by atoms with Gasteiger partial charge in [-0.2, -0.15) is 13.2 Å². The SMILES string of the molecule is CCNC(COC(C)C(F)(F)F)c1ccccc1OC. The molecule has 2 atom stereocenters. The first-order valence-corrected chi connectivity index (χ1v) is 6.44. The molecular weight excluding hydrogens is 271 g/mol. The highest BCUT2D eigenvalue weighted by Gasteiger charge is 2.37. The molecule has 0 aliphatic rings. The number of hydrogen-bond donors (Lipinski definition) is 1. The molecule has 0 heterocycles. The highest BCUT2D eigenvalue weighted by Crippen LogP contribution is 2.27. The van der Waals surface area contributed by atoms with Gasteiger partial charge in [-0.3, -0.25) is 0 Å². The fraction of sp³-hybridized carbons (Fsp3) is 0.571. The average Bonchev–Trinajstić information content (AvgIpc) is 2.42. The zero-order valence-corrected chi connectivity index (χ0v) is 11.8. The molecule has 1 rings (SSSR count). The van der Waals surface area contributed by atoms with Crippen LogP contribution in [0.5, 0.6) is 5.75 Å². The average molecular weight is 291 g/mol. The first-order valence-electron chi connectivity index (χ1n) is 6.44. The number of hydrogen-bond acceptors (Lipinski definition) is 3. The van der Waals surface area contributed by atoms with Crippen molar-refractivity contribution < 1.29 is 22.6 Å². The van der Waals surface area contributed by atoms with Crippen LogP contribution in [0.25, 0.3) is 0 Å². The third-order valence-corrected chi connectivity index (χ3v) is 2.94. The molecule has 114 valence electrons. The lowest BCUT2D eigenvalue weighted by Crippen LogP contribution is -2.33. The molecule has 0 saturated heterocycles. The van der Waals surface area contributed by atoms with Gasteiger partial charge in [-0.1, -0.05) is 25.1 Å². The summed E-state index contributed by atoms with van der Waals surface area (Å²) in [6.07, 6.45) is -6.14. The topological polar surface area (TPSA) is 30.5 Å². The van der Waals surface area contributed by atoms with Crippen molar-refractivity contribution in [3.8, 4) is 5.75 Å². The van der Waals surface area contributed by atoms with Gasteiger partial charge in [0.1, 0.15) is 5.75 Å². The summed E-state index contributed by atoms with van der Waals surface area (Å²) >= 11 is 0. The van der Waals surface area contributed by atoms with Crippen LogP contribution in [0.2, 0.25) is 0 Å². The summed E-state index contributed by atoms with van der Waals surface area (Å²) in [6.45, 7) is 3.43. The zero-order chi connectivity index (χ0) is 15.2. The first kappa shape index (κ1) is 16.8. The van der Waals surface area contributed by atoms with Gasteiger partial charge in [0, 0.05) is 5.56 Å². The number of rotatable bonds is 7. The van der Waals surface area contributed by atoms with Crippen molar-refractivity contribution in [2.24, 2.45) is 0 Å². The molecule has 0 fully saturated rings. The third kappa shape index (κ3) is 4.68. The van der Waals surface area contributed by atoms with Gasteiger partial charge in [-0.25, -0.2) is 0 Å².